The van der Waals surface area contributed by atoms with Gasteiger partial charge in [-0.15, -0.1) is 0 Å². The first-order valence-corrected chi connectivity index (χ1v) is 16.4. The van der Waals surface area contributed by atoms with Crippen molar-refractivity contribution < 1.29 is 18.9 Å². The molecule has 2 N–H and O–H groups in total. The van der Waals surface area contributed by atoms with Crippen LogP contribution < -0.4 is 10.6 Å². The fourth-order valence-corrected chi connectivity index (χ4v) is 7.16. The molecule has 0 amide bonds. The summed E-state index contributed by atoms with van der Waals surface area (Å²) in [5, 5.41) is 1.17. The summed E-state index contributed by atoms with van der Waals surface area (Å²) in [4.78, 5) is 20.3. The number of rotatable bonds is 14. The maximum Gasteiger partial charge on any atom is 0.232 e. The van der Waals surface area contributed by atoms with E-state index in [2.05, 4.69) is 13.8 Å². The summed E-state index contributed by atoms with van der Waals surface area (Å²) in [6.45, 7) is 8.12. The summed E-state index contributed by atoms with van der Waals surface area (Å²) in [7, 11) is -6.37. The second-order valence-electron chi connectivity index (χ2n) is 9.31. The third-order valence-corrected chi connectivity index (χ3v) is 11.4. The van der Waals surface area contributed by atoms with Crippen molar-refractivity contribution in [2.24, 2.45) is 0 Å². The van der Waals surface area contributed by atoms with Crippen molar-refractivity contribution in [1.29, 1.82) is 0 Å². The molecule has 0 aromatic heterocycles. The number of hydrogen-bond donors (Lipinski definition) is 2. The van der Waals surface area contributed by atoms with E-state index in [0.717, 1.165) is 38.5 Å². The van der Waals surface area contributed by atoms with E-state index in [0.29, 0.717) is 10.6 Å². The van der Waals surface area contributed by atoms with Gasteiger partial charge in [-0.1, -0.05) is 115 Å². The monoisotopic (exact) mass is 508 g/mol. The van der Waals surface area contributed by atoms with E-state index in [1.54, 1.807) is 24.3 Å². The van der Waals surface area contributed by atoms with Crippen LogP contribution in [-0.4, -0.2) is 21.1 Å². The van der Waals surface area contributed by atoms with Crippen molar-refractivity contribution in [2.75, 3.05) is 0 Å². The lowest BCUT2D eigenvalue weighted by atomic mass is 10.1. The van der Waals surface area contributed by atoms with Gasteiger partial charge < -0.3 is 9.79 Å². The van der Waals surface area contributed by atoms with Crippen LogP contribution in [0.4, 0.5) is 0 Å². The van der Waals surface area contributed by atoms with Crippen molar-refractivity contribution in [3.05, 3.63) is 60.7 Å². The van der Waals surface area contributed by atoms with Crippen LogP contribution in [0.2, 0.25) is 0 Å². The molecule has 2 aromatic carbocycles. The van der Waals surface area contributed by atoms with Crippen LogP contribution in [-0.2, 0) is 9.13 Å². The Kier molecular flexibility index (Phi) is 15.0. The highest BCUT2D eigenvalue weighted by atomic mass is 31.2. The van der Waals surface area contributed by atoms with E-state index < -0.39 is 14.7 Å². The Morgan fingerprint density at radius 3 is 1.21 bits per heavy atom. The molecule has 4 unspecified atom stereocenters. The Morgan fingerprint density at radius 1 is 0.588 bits per heavy atom. The van der Waals surface area contributed by atoms with Crippen LogP contribution in [0.15, 0.2) is 60.7 Å². The lowest BCUT2D eigenvalue weighted by molar-refractivity contribution is 0.468. The van der Waals surface area contributed by atoms with E-state index in [4.69, 9.17) is 0 Å². The van der Waals surface area contributed by atoms with Crippen LogP contribution in [0.3, 0.4) is 0 Å². The zero-order valence-electron chi connectivity index (χ0n) is 21.6. The zero-order chi connectivity index (χ0) is 25.5. The van der Waals surface area contributed by atoms with Crippen molar-refractivity contribution in [1.82, 2.24) is 0 Å². The molecule has 4 atom stereocenters. The molecule has 0 aliphatic heterocycles. The SMILES string of the molecule is CCCCCCC(C)P(=O)(O)c1ccccc1.CCCCCCC(C)P(=O)(O)c1ccccc1. The first-order chi connectivity index (χ1) is 16.2. The molecule has 2 rings (SSSR count). The Morgan fingerprint density at radius 2 is 0.912 bits per heavy atom. The highest BCUT2D eigenvalue weighted by molar-refractivity contribution is 7.67. The van der Waals surface area contributed by atoms with Gasteiger partial charge in [0.05, 0.1) is 0 Å². The van der Waals surface area contributed by atoms with Crippen molar-refractivity contribution in [3.8, 4) is 0 Å². The van der Waals surface area contributed by atoms with Gasteiger partial charge in [0.2, 0.25) is 14.7 Å². The minimum atomic E-state index is -3.18. The number of hydrogen-bond acceptors (Lipinski definition) is 2. The first-order valence-electron chi connectivity index (χ1n) is 12.9. The third-order valence-electron chi connectivity index (χ3n) is 6.40. The second-order valence-corrected chi connectivity index (χ2v) is 14.6. The maximum atomic E-state index is 12.3. The molecule has 0 fully saturated rings. The number of unbranched alkanes of at least 4 members (excludes halogenated alkanes) is 6. The van der Waals surface area contributed by atoms with Crippen LogP contribution in [0.25, 0.3) is 0 Å². The van der Waals surface area contributed by atoms with E-state index >= 15 is 0 Å². The average Bonchev–Trinajstić information content (AvgIpc) is 2.85. The van der Waals surface area contributed by atoms with Gasteiger partial charge in [0.15, 0.2) is 0 Å². The molecule has 6 heteroatoms. The van der Waals surface area contributed by atoms with E-state index in [9.17, 15) is 18.9 Å². The van der Waals surface area contributed by atoms with E-state index in [-0.39, 0.29) is 11.3 Å². The highest BCUT2D eigenvalue weighted by Gasteiger charge is 2.29. The van der Waals surface area contributed by atoms with Crippen LogP contribution in [0.1, 0.15) is 91.9 Å². The maximum absolute atomic E-state index is 12.3. The van der Waals surface area contributed by atoms with Crippen molar-refractivity contribution in [2.45, 2.75) is 103 Å². The summed E-state index contributed by atoms with van der Waals surface area (Å²) in [6, 6.07) is 18.0. The normalized spacial score (nSPS) is 16.4. The molecule has 192 valence electrons. The predicted molar refractivity (Wildman–Crippen MR) is 148 cm³/mol. The average molecular weight is 509 g/mol. The Bertz CT molecular complexity index is 797. The third kappa shape index (κ3) is 10.6. The molecule has 0 aliphatic carbocycles. The van der Waals surface area contributed by atoms with Crippen LogP contribution in [0.5, 0.6) is 0 Å². The largest absolute Gasteiger partial charge is 0.341 e. The molecular weight excluding hydrogens is 462 g/mol. The summed E-state index contributed by atoms with van der Waals surface area (Å²) < 4.78 is 24.7. The van der Waals surface area contributed by atoms with Gasteiger partial charge in [-0.05, 0) is 37.1 Å². The quantitative estimate of drug-likeness (QED) is 0.201. The smallest absolute Gasteiger partial charge is 0.232 e. The lowest BCUT2D eigenvalue weighted by Crippen LogP contribution is -2.14. The fraction of sp³-hybridized carbons (Fsp3) is 0.571. The molecular formula is C28H46O4P2. The molecule has 0 bridgehead atoms. The molecule has 0 aliphatic rings. The van der Waals surface area contributed by atoms with Gasteiger partial charge in [0.25, 0.3) is 0 Å². The minimum absolute atomic E-state index is 0.137. The first kappa shape index (κ1) is 30.9. The van der Waals surface area contributed by atoms with Gasteiger partial charge >= 0.3 is 0 Å². The Labute approximate surface area is 208 Å². The summed E-state index contributed by atoms with van der Waals surface area (Å²) in [5.41, 5.74) is -0.275. The molecule has 0 saturated heterocycles. The van der Waals surface area contributed by atoms with Crippen LogP contribution in [0, 0.1) is 0 Å². The zero-order valence-corrected chi connectivity index (χ0v) is 23.4. The van der Waals surface area contributed by atoms with Crippen molar-refractivity contribution in [3.63, 3.8) is 0 Å². The molecule has 0 heterocycles. The van der Waals surface area contributed by atoms with E-state index in [1.807, 2.05) is 50.2 Å². The molecule has 0 radical (unpaired) electrons. The van der Waals surface area contributed by atoms with Crippen LogP contribution >= 0.6 is 14.7 Å². The van der Waals surface area contributed by atoms with Gasteiger partial charge in [0.1, 0.15) is 0 Å². The topological polar surface area (TPSA) is 74.6 Å². The van der Waals surface area contributed by atoms with Crippen molar-refractivity contribution >= 4 is 25.3 Å². The van der Waals surface area contributed by atoms with E-state index in [1.165, 1.54) is 25.7 Å². The Balaban J connectivity index is 0.000000340. The molecule has 2 aromatic rings. The summed E-state index contributed by atoms with van der Waals surface area (Å²) in [6.07, 6.45) is 10.9. The Hall–Kier alpha value is -1.18. The summed E-state index contributed by atoms with van der Waals surface area (Å²) in [5.74, 6) is 0. The lowest BCUT2D eigenvalue weighted by Gasteiger charge is -2.19. The fourth-order valence-electron chi connectivity index (χ4n) is 3.88. The van der Waals surface area contributed by atoms with Gasteiger partial charge in [-0.3, -0.25) is 9.13 Å². The number of benzene rings is 2. The van der Waals surface area contributed by atoms with Gasteiger partial charge in [-0.2, -0.15) is 0 Å². The standard InChI is InChI=1S/2C14H23O2P/c2*1-3-4-5-7-10-13(2)17(15,16)14-11-8-6-9-12-14/h2*6,8-9,11-13H,3-5,7,10H2,1-2H3,(H,15,16). The molecule has 0 spiro atoms. The summed E-state index contributed by atoms with van der Waals surface area (Å²) >= 11 is 0. The minimum Gasteiger partial charge on any atom is -0.341 e. The molecule has 34 heavy (non-hydrogen) atoms. The molecule has 0 saturated carbocycles. The second kappa shape index (κ2) is 16.5. The molecule has 4 nitrogen and oxygen atoms in total. The van der Waals surface area contributed by atoms with Gasteiger partial charge in [0, 0.05) is 21.9 Å². The predicted octanol–water partition coefficient (Wildman–Crippen LogP) is 7.88. The van der Waals surface area contributed by atoms with Gasteiger partial charge in [-0.25, -0.2) is 0 Å². The highest BCUT2D eigenvalue weighted by Crippen LogP contribution is 2.47.